The molecule has 0 amide bonds. The smallest absolute Gasteiger partial charge is 0.160 e. The van der Waals surface area contributed by atoms with E-state index in [-0.39, 0.29) is 0 Å². The fourth-order valence-electron chi connectivity index (χ4n) is 7.03. The quantitative estimate of drug-likeness (QED) is 0.160. The highest BCUT2D eigenvalue weighted by molar-refractivity contribution is 14.1. The van der Waals surface area contributed by atoms with Crippen molar-refractivity contribution in [2.45, 2.75) is 0 Å². The van der Waals surface area contributed by atoms with Crippen molar-refractivity contribution in [3.63, 3.8) is 0 Å². The summed E-state index contributed by atoms with van der Waals surface area (Å²) in [5, 5.41) is 12.5. The first-order chi connectivity index (χ1) is 18.8. The number of fused-ring (bicyclic) bond motifs is 11. The molecular weight excluding hydrogens is 579 g/mol. The number of halogens is 1. The Morgan fingerprint density at radius 3 is 2.11 bits per heavy atom. The minimum absolute atomic E-state index is 0.924. The lowest BCUT2D eigenvalue weighted by Crippen LogP contribution is -1.87. The van der Waals surface area contributed by atoms with E-state index in [2.05, 4.69) is 133 Å². The lowest BCUT2D eigenvalue weighted by Gasteiger charge is -2.06. The van der Waals surface area contributed by atoms with E-state index in [0.29, 0.717) is 0 Å². The second-order valence-corrected chi connectivity index (χ2v) is 11.3. The Kier molecular flexibility index (Phi) is 3.42. The second-order valence-electron chi connectivity index (χ2n) is 10.3. The van der Waals surface area contributed by atoms with Crippen molar-refractivity contribution in [3.8, 4) is 0 Å². The van der Waals surface area contributed by atoms with E-state index in [1.54, 1.807) is 0 Å². The fourth-order valence-corrected chi connectivity index (χ4v) is 8.00. The Morgan fingerprint density at radius 1 is 0.500 bits per heavy atom. The normalized spacial score (nSPS) is 12.9. The van der Waals surface area contributed by atoms with Gasteiger partial charge in [-0.05, 0) is 35.0 Å². The molecule has 176 valence electrons. The number of benzene rings is 6. The Labute approximate surface area is 229 Å². The van der Waals surface area contributed by atoms with Gasteiger partial charge in [0, 0.05) is 43.1 Å². The molecule has 0 aliphatic carbocycles. The zero-order valence-corrected chi connectivity index (χ0v) is 22.2. The molecule has 0 N–H and O–H groups in total. The van der Waals surface area contributed by atoms with Crippen LogP contribution in [-0.4, -0.2) is 7.18 Å². The highest BCUT2D eigenvalue weighted by Crippen LogP contribution is 2.49. The second kappa shape index (κ2) is 6.58. The summed E-state index contributed by atoms with van der Waals surface area (Å²) in [6.07, 6.45) is 0. The average molecular weight is 596 g/mol. The Morgan fingerprint density at radius 2 is 1.21 bits per heavy atom. The third kappa shape index (κ3) is 2.12. The number of aromatic nitrogens is 2. The number of furan rings is 1. The van der Waals surface area contributed by atoms with Crippen LogP contribution in [0, 0.1) is 0 Å². The monoisotopic (exact) mass is 596 g/mol. The molecular formula is C34H17IN2O. The van der Waals surface area contributed by atoms with Crippen molar-refractivity contribution in [1.82, 2.24) is 7.18 Å². The summed E-state index contributed by atoms with van der Waals surface area (Å²) in [6.45, 7) is 0. The van der Waals surface area contributed by atoms with E-state index in [1.807, 2.05) is 0 Å². The van der Waals surface area contributed by atoms with Crippen LogP contribution in [0.5, 0.6) is 0 Å². The van der Waals surface area contributed by atoms with Crippen LogP contribution in [-0.2, 0) is 0 Å². The van der Waals surface area contributed by atoms with Crippen LogP contribution in [0.1, 0.15) is 0 Å². The van der Waals surface area contributed by atoms with Gasteiger partial charge >= 0.3 is 0 Å². The number of hydrogen-bond donors (Lipinski definition) is 0. The summed E-state index contributed by atoms with van der Waals surface area (Å²) in [5.74, 6) is 0. The Balaban J connectivity index is 1.71. The zero-order chi connectivity index (χ0) is 24.7. The van der Waals surface area contributed by atoms with Gasteiger partial charge in [-0.3, -0.25) is 2.78 Å². The van der Waals surface area contributed by atoms with Crippen LogP contribution in [0.4, 0.5) is 0 Å². The van der Waals surface area contributed by atoms with E-state index < -0.39 is 0 Å². The molecule has 0 aliphatic heterocycles. The van der Waals surface area contributed by atoms with E-state index in [9.17, 15) is 0 Å². The lowest BCUT2D eigenvalue weighted by molar-refractivity contribution is 0.672. The maximum atomic E-state index is 6.63. The van der Waals surface area contributed by atoms with Gasteiger partial charge in [-0.2, -0.15) is 0 Å². The van der Waals surface area contributed by atoms with Crippen LogP contribution in [0.2, 0.25) is 0 Å². The van der Waals surface area contributed by atoms with Gasteiger partial charge in [0.25, 0.3) is 0 Å². The van der Waals surface area contributed by atoms with Gasteiger partial charge in [0.1, 0.15) is 11.1 Å². The first-order valence-corrected chi connectivity index (χ1v) is 13.8. The Bertz CT molecular complexity index is 2630. The van der Waals surface area contributed by atoms with Crippen molar-refractivity contribution >= 4 is 115 Å². The third-order valence-corrected chi connectivity index (χ3v) is 9.48. The molecule has 10 aromatic rings. The van der Waals surface area contributed by atoms with Crippen LogP contribution in [0.3, 0.4) is 0 Å². The molecule has 0 unspecified atom stereocenters. The van der Waals surface area contributed by atoms with Gasteiger partial charge in [-0.15, -0.1) is 0 Å². The summed E-state index contributed by atoms with van der Waals surface area (Å²) < 4.78 is 11.5. The van der Waals surface area contributed by atoms with Gasteiger partial charge in [-0.25, -0.2) is 0 Å². The van der Waals surface area contributed by atoms with Gasteiger partial charge in [0.2, 0.25) is 0 Å². The van der Waals surface area contributed by atoms with Gasteiger partial charge in [0.15, 0.2) is 5.58 Å². The standard InChI is InChI=1S/C34H17IN2O/c35-37-32-19-9-2-1-8-18(19)16-24-23-13-7-12-22-20-10-3-5-14-26(20)36(31(22)23)27-17-25-21-11-4-6-15-28(21)38-34(25)33(37)30(27)29(24)32/h1-17H. The number of rotatable bonds is 0. The van der Waals surface area contributed by atoms with Crippen LogP contribution in [0.15, 0.2) is 108 Å². The van der Waals surface area contributed by atoms with Gasteiger partial charge in [0.05, 0.1) is 44.9 Å². The maximum absolute atomic E-state index is 6.63. The van der Waals surface area contributed by atoms with Crippen molar-refractivity contribution in [2.24, 2.45) is 0 Å². The van der Waals surface area contributed by atoms with Gasteiger partial charge in [-0.1, -0.05) is 78.9 Å². The number of nitrogens with zero attached hydrogens (tertiary/aromatic N) is 2. The van der Waals surface area contributed by atoms with Crippen LogP contribution in [0.25, 0.3) is 92.6 Å². The maximum Gasteiger partial charge on any atom is 0.160 e. The van der Waals surface area contributed by atoms with Gasteiger partial charge < -0.3 is 8.82 Å². The molecule has 6 aromatic carbocycles. The highest BCUT2D eigenvalue weighted by atomic mass is 127. The topological polar surface area (TPSA) is 22.5 Å². The molecule has 10 rings (SSSR count). The minimum atomic E-state index is 0.924. The number of hydrogen-bond acceptors (Lipinski definition) is 1. The van der Waals surface area contributed by atoms with Crippen LogP contribution >= 0.6 is 22.9 Å². The van der Waals surface area contributed by atoms with E-state index in [1.165, 1.54) is 65.2 Å². The van der Waals surface area contributed by atoms with E-state index in [0.717, 1.165) is 27.5 Å². The van der Waals surface area contributed by atoms with E-state index >= 15 is 0 Å². The summed E-state index contributed by atoms with van der Waals surface area (Å²) in [5.41, 5.74) is 7.98. The average Bonchev–Trinajstić information content (AvgIpc) is 3.57. The highest BCUT2D eigenvalue weighted by Gasteiger charge is 2.25. The van der Waals surface area contributed by atoms with Crippen LogP contribution < -0.4 is 0 Å². The molecule has 0 atom stereocenters. The van der Waals surface area contributed by atoms with Crippen molar-refractivity contribution in [2.75, 3.05) is 0 Å². The molecule has 0 aliphatic rings. The van der Waals surface area contributed by atoms with Crippen molar-refractivity contribution < 1.29 is 4.42 Å². The largest absolute Gasteiger partial charge is 0.454 e. The summed E-state index contributed by atoms with van der Waals surface area (Å²) in [6, 6.07) is 37.5. The molecule has 0 radical (unpaired) electrons. The van der Waals surface area contributed by atoms with E-state index in [4.69, 9.17) is 4.42 Å². The summed E-state index contributed by atoms with van der Waals surface area (Å²) in [7, 11) is 0. The molecule has 0 bridgehead atoms. The summed E-state index contributed by atoms with van der Waals surface area (Å²) >= 11 is 2.50. The molecule has 3 nitrogen and oxygen atoms in total. The third-order valence-electron chi connectivity index (χ3n) is 8.51. The molecule has 0 saturated heterocycles. The predicted octanol–water partition coefficient (Wildman–Crippen LogP) is 10.2. The molecule has 38 heavy (non-hydrogen) atoms. The first-order valence-electron chi connectivity index (χ1n) is 12.8. The molecule has 0 saturated carbocycles. The molecule has 4 heteroatoms. The first kappa shape index (κ1) is 19.8. The molecule has 0 fully saturated rings. The molecule has 4 heterocycles. The number of para-hydroxylation sites is 3. The SMILES string of the molecule is In1c2c3ccccc3cc3c4cccc5c6ccccc6n(c6cc7c8ccccc8oc7c1c6c32)c45. The molecule has 0 spiro atoms. The Hall–Kier alpha value is -4.29. The predicted molar refractivity (Wildman–Crippen MR) is 168 cm³/mol. The lowest BCUT2D eigenvalue weighted by atomic mass is 9.98. The fraction of sp³-hybridized carbons (Fsp3) is 0. The zero-order valence-electron chi connectivity index (χ0n) is 20.0. The summed E-state index contributed by atoms with van der Waals surface area (Å²) in [4.78, 5) is 0. The molecule has 4 aromatic heterocycles. The van der Waals surface area contributed by atoms with Crippen molar-refractivity contribution in [1.29, 1.82) is 0 Å². The minimum Gasteiger partial charge on any atom is -0.454 e. The van der Waals surface area contributed by atoms with Crippen molar-refractivity contribution in [3.05, 3.63) is 103 Å².